The Kier molecular flexibility index (Phi) is 2.45. The number of nitrogens with zero attached hydrogens (tertiary/aromatic N) is 2. The van der Waals surface area contributed by atoms with E-state index in [2.05, 4.69) is 4.98 Å². The van der Waals surface area contributed by atoms with E-state index in [0.29, 0.717) is 11.6 Å². The third-order valence-electron chi connectivity index (χ3n) is 1.35. The van der Waals surface area contributed by atoms with Crippen molar-refractivity contribution < 1.29 is 0 Å². The molecule has 0 atom stereocenters. The summed E-state index contributed by atoms with van der Waals surface area (Å²) in [7, 11) is 0. The Labute approximate surface area is 70.4 Å². The van der Waals surface area contributed by atoms with E-state index in [9.17, 15) is 0 Å². The van der Waals surface area contributed by atoms with Gasteiger partial charge in [-0.25, -0.2) is 4.98 Å². The summed E-state index contributed by atoms with van der Waals surface area (Å²) in [5.41, 5.74) is 1.66. The van der Waals surface area contributed by atoms with Gasteiger partial charge >= 0.3 is 0 Å². The molecule has 0 fully saturated rings. The summed E-state index contributed by atoms with van der Waals surface area (Å²) in [5, 5.41) is 8.83. The molecule has 0 aliphatic carbocycles. The molecule has 3 heteroatoms. The minimum Gasteiger partial charge on any atom is -0.240 e. The van der Waals surface area contributed by atoms with E-state index in [1.807, 2.05) is 25.1 Å². The minimum absolute atomic E-state index is 0.319. The smallest absolute Gasteiger partial charge is 0.132 e. The molecule has 1 rings (SSSR count). The van der Waals surface area contributed by atoms with Gasteiger partial charge in [0.1, 0.15) is 5.15 Å². The Bertz CT molecular complexity index is 301. The van der Waals surface area contributed by atoms with Crippen molar-refractivity contribution in [1.82, 2.24) is 4.98 Å². The molecule has 0 aromatic carbocycles. The van der Waals surface area contributed by atoms with Crippen LogP contribution in [0.2, 0.25) is 5.15 Å². The predicted octanol–water partition coefficient (Wildman–Crippen LogP) is 2.11. The second-order valence-corrected chi connectivity index (χ2v) is 2.60. The highest BCUT2D eigenvalue weighted by molar-refractivity contribution is 6.30. The molecule has 11 heavy (non-hydrogen) atoms. The third-order valence-corrected chi connectivity index (χ3v) is 1.74. The van der Waals surface area contributed by atoms with Gasteiger partial charge in [-0.1, -0.05) is 17.7 Å². The predicted molar refractivity (Wildman–Crippen MR) is 43.3 cm³/mol. The van der Waals surface area contributed by atoms with Gasteiger partial charge in [0.15, 0.2) is 0 Å². The molecule has 0 unspecified atom stereocenters. The first-order valence-electron chi connectivity index (χ1n) is 3.23. The number of aromatic nitrogens is 1. The van der Waals surface area contributed by atoms with E-state index in [4.69, 9.17) is 16.9 Å². The largest absolute Gasteiger partial charge is 0.240 e. The fraction of sp³-hybridized carbons (Fsp3) is 0.250. The number of rotatable bonds is 1. The number of hydrogen-bond donors (Lipinski definition) is 0. The summed E-state index contributed by atoms with van der Waals surface area (Å²) in [4.78, 5) is 4.01. The summed E-state index contributed by atoms with van der Waals surface area (Å²) in [5.74, 6) is 0. The maximum absolute atomic E-state index is 8.35. The lowest BCUT2D eigenvalue weighted by molar-refractivity contribution is 1.10. The molecule has 1 aromatic rings. The lowest BCUT2D eigenvalue weighted by Crippen LogP contribution is -1.89. The lowest BCUT2D eigenvalue weighted by atomic mass is 10.2. The molecule has 56 valence electrons. The van der Waals surface area contributed by atoms with E-state index in [1.165, 1.54) is 0 Å². The molecule has 0 saturated carbocycles. The summed E-state index contributed by atoms with van der Waals surface area (Å²) in [6.45, 7) is 1.88. The topological polar surface area (TPSA) is 36.7 Å². The van der Waals surface area contributed by atoms with Crippen LogP contribution in [-0.2, 0) is 6.42 Å². The molecule has 0 aliphatic rings. The van der Waals surface area contributed by atoms with Crippen molar-refractivity contribution in [2.45, 2.75) is 13.3 Å². The molecule has 0 N–H and O–H groups in total. The summed E-state index contributed by atoms with van der Waals surface area (Å²) < 4.78 is 0. The zero-order valence-electron chi connectivity index (χ0n) is 6.13. The van der Waals surface area contributed by atoms with Gasteiger partial charge in [-0.2, -0.15) is 5.26 Å². The van der Waals surface area contributed by atoms with Crippen molar-refractivity contribution in [1.29, 1.82) is 5.26 Å². The SMILES string of the molecule is Cc1ccc(CC#N)nc1Cl. The monoisotopic (exact) mass is 166 g/mol. The molecular weight excluding hydrogens is 160 g/mol. The Balaban J connectivity index is 2.98. The van der Waals surface area contributed by atoms with Crippen molar-refractivity contribution in [2.75, 3.05) is 0 Å². The standard InChI is InChI=1S/C8H7ClN2/c1-6-2-3-7(4-5-10)11-8(6)9/h2-3H,4H2,1H3. The summed E-state index contributed by atoms with van der Waals surface area (Å²) in [6, 6.07) is 5.68. The molecule has 0 radical (unpaired) electrons. The van der Waals surface area contributed by atoms with Gasteiger partial charge in [0.2, 0.25) is 0 Å². The average Bonchev–Trinajstić information content (AvgIpc) is 1.98. The van der Waals surface area contributed by atoms with Gasteiger partial charge in [0.25, 0.3) is 0 Å². The maximum atomic E-state index is 8.35. The fourth-order valence-corrected chi connectivity index (χ4v) is 0.892. The van der Waals surface area contributed by atoms with Gasteiger partial charge in [-0.05, 0) is 18.6 Å². The summed E-state index contributed by atoms with van der Waals surface area (Å²) >= 11 is 5.73. The van der Waals surface area contributed by atoms with Crippen LogP contribution in [-0.4, -0.2) is 4.98 Å². The van der Waals surface area contributed by atoms with Crippen LogP contribution in [0.5, 0.6) is 0 Å². The Hall–Kier alpha value is -1.07. The number of pyridine rings is 1. The summed E-state index contributed by atoms with van der Waals surface area (Å²) in [6.07, 6.45) is 0.319. The maximum Gasteiger partial charge on any atom is 0.132 e. The van der Waals surface area contributed by atoms with Gasteiger partial charge in [0, 0.05) is 0 Å². The van der Waals surface area contributed by atoms with Gasteiger partial charge in [-0.3, -0.25) is 0 Å². The molecule has 0 saturated heterocycles. The van der Waals surface area contributed by atoms with Gasteiger partial charge in [-0.15, -0.1) is 0 Å². The molecule has 1 aromatic heterocycles. The number of nitriles is 1. The van der Waals surface area contributed by atoms with Crippen LogP contribution in [0.25, 0.3) is 0 Å². The van der Waals surface area contributed by atoms with Crippen molar-refractivity contribution in [3.63, 3.8) is 0 Å². The molecule has 1 heterocycles. The second kappa shape index (κ2) is 3.36. The minimum atomic E-state index is 0.319. The van der Waals surface area contributed by atoms with Crippen LogP contribution >= 0.6 is 11.6 Å². The first kappa shape index (κ1) is 8.03. The van der Waals surface area contributed by atoms with Gasteiger partial charge in [0.05, 0.1) is 18.2 Å². The molecule has 2 nitrogen and oxygen atoms in total. The molecule has 0 spiro atoms. The average molecular weight is 167 g/mol. The van der Waals surface area contributed by atoms with E-state index >= 15 is 0 Å². The van der Waals surface area contributed by atoms with Crippen LogP contribution in [0.3, 0.4) is 0 Å². The first-order valence-corrected chi connectivity index (χ1v) is 3.61. The number of aryl methyl sites for hydroxylation is 1. The van der Waals surface area contributed by atoms with Crippen molar-refractivity contribution in [3.05, 3.63) is 28.5 Å². The third kappa shape index (κ3) is 1.92. The number of hydrogen-bond acceptors (Lipinski definition) is 2. The van der Waals surface area contributed by atoms with E-state index in [0.717, 1.165) is 11.3 Å². The molecular formula is C8H7ClN2. The molecule has 0 aliphatic heterocycles. The van der Waals surface area contributed by atoms with Crippen molar-refractivity contribution in [2.24, 2.45) is 0 Å². The van der Waals surface area contributed by atoms with Crippen LogP contribution in [0.15, 0.2) is 12.1 Å². The van der Waals surface area contributed by atoms with Crippen molar-refractivity contribution >= 4 is 11.6 Å². The van der Waals surface area contributed by atoms with Crippen LogP contribution in [0.4, 0.5) is 0 Å². The van der Waals surface area contributed by atoms with E-state index in [-0.39, 0.29) is 0 Å². The quantitative estimate of drug-likeness (QED) is 0.600. The van der Waals surface area contributed by atoms with E-state index < -0.39 is 0 Å². The van der Waals surface area contributed by atoms with Crippen molar-refractivity contribution in [3.8, 4) is 6.07 Å². The normalized spacial score (nSPS) is 9.18. The second-order valence-electron chi connectivity index (χ2n) is 2.25. The Morgan fingerprint density at radius 2 is 2.36 bits per heavy atom. The first-order chi connectivity index (χ1) is 5.24. The zero-order chi connectivity index (χ0) is 8.27. The van der Waals surface area contributed by atoms with Crippen LogP contribution in [0, 0.1) is 18.3 Å². The highest BCUT2D eigenvalue weighted by Gasteiger charge is 1.97. The van der Waals surface area contributed by atoms with Gasteiger partial charge < -0.3 is 0 Å². The highest BCUT2D eigenvalue weighted by Crippen LogP contribution is 2.11. The van der Waals surface area contributed by atoms with E-state index in [1.54, 1.807) is 0 Å². The Morgan fingerprint density at radius 1 is 1.64 bits per heavy atom. The van der Waals surface area contributed by atoms with Crippen LogP contribution in [0.1, 0.15) is 11.3 Å². The Morgan fingerprint density at radius 3 is 2.91 bits per heavy atom. The fourth-order valence-electron chi connectivity index (χ4n) is 0.721. The zero-order valence-corrected chi connectivity index (χ0v) is 6.89. The highest BCUT2D eigenvalue weighted by atomic mass is 35.5. The lowest BCUT2D eigenvalue weighted by Gasteiger charge is -1.97. The van der Waals surface area contributed by atoms with Crippen LogP contribution < -0.4 is 0 Å². The number of halogens is 1. The molecule has 0 bridgehead atoms. The molecule has 0 amide bonds.